The molecule has 29 heavy (non-hydrogen) atoms. The second-order valence-corrected chi connectivity index (χ2v) is 6.95. The Hall–Kier alpha value is -2.61. The van der Waals surface area contributed by atoms with E-state index in [1.807, 2.05) is 24.3 Å². The minimum absolute atomic E-state index is 0. The number of para-hydroxylation sites is 3. The molecule has 1 aliphatic rings. The molecule has 0 saturated carbocycles. The van der Waals surface area contributed by atoms with Gasteiger partial charge in [0.05, 0.1) is 22.9 Å². The van der Waals surface area contributed by atoms with E-state index in [1.165, 1.54) is 0 Å². The van der Waals surface area contributed by atoms with Crippen LogP contribution in [0.1, 0.15) is 29.4 Å². The van der Waals surface area contributed by atoms with E-state index >= 15 is 0 Å². The molecule has 7 nitrogen and oxygen atoms in total. The van der Waals surface area contributed by atoms with Crippen LogP contribution in [0.15, 0.2) is 54.7 Å². The third kappa shape index (κ3) is 5.06. The summed E-state index contributed by atoms with van der Waals surface area (Å²) in [5, 5.41) is 14.8. The SMILES string of the molecule is Cl.O=C(Nc1ccccc1Oc1ccccc1Cl)c1cn(C2CCNCC2)nn1. The molecule has 3 aromatic rings. The van der Waals surface area contributed by atoms with Crippen LogP contribution in [0.3, 0.4) is 0 Å². The average molecular weight is 434 g/mol. The van der Waals surface area contributed by atoms with Gasteiger partial charge in [-0.25, -0.2) is 4.68 Å². The molecule has 2 aromatic carbocycles. The van der Waals surface area contributed by atoms with Gasteiger partial charge < -0.3 is 15.4 Å². The van der Waals surface area contributed by atoms with Crippen molar-refractivity contribution in [2.75, 3.05) is 18.4 Å². The lowest BCUT2D eigenvalue weighted by atomic mass is 10.1. The van der Waals surface area contributed by atoms with Gasteiger partial charge in [-0.3, -0.25) is 4.79 Å². The van der Waals surface area contributed by atoms with Crippen LogP contribution in [0.2, 0.25) is 5.02 Å². The number of nitrogens with one attached hydrogen (secondary N) is 2. The summed E-state index contributed by atoms with van der Waals surface area (Å²) in [6.45, 7) is 1.89. The number of ether oxygens (including phenoxy) is 1. The number of rotatable bonds is 5. The van der Waals surface area contributed by atoms with Gasteiger partial charge in [0.2, 0.25) is 0 Å². The maximum absolute atomic E-state index is 12.7. The summed E-state index contributed by atoms with van der Waals surface area (Å²) in [5.41, 5.74) is 0.801. The van der Waals surface area contributed by atoms with Crippen molar-refractivity contribution in [2.45, 2.75) is 18.9 Å². The Balaban J connectivity index is 0.00000240. The molecule has 9 heteroatoms. The highest BCUT2D eigenvalue weighted by Crippen LogP contribution is 2.33. The number of anilines is 1. The second-order valence-electron chi connectivity index (χ2n) is 6.55. The summed E-state index contributed by atoms with van der Waals surface area (Å²) in [6, 6.07) is 14.6. The van der Waals surface area contributed by atoms with E-state index in [0.29, 0.717) is 22.2 Å². The number of amides is 1. The van der Waals surface area contributed by atoms with Gasteiger partial charge in [0, 0.05) is 0 Å². The molecule has 4 rings (SSSR count). The van der Waals surface area contributed by atoms with Gasteiger partial charge in [-0.15, -0.1) is 17.5 Å². The van der Waals surface area contributed by atoms with E-state index < -0.39 is 0 Å². The number of hydrogen-bond acceptors (Lipinski definition) is 5. The molecule has 0 atom stereocenters. The third-order valence-corrected chi connectivity index (χ3v) is 4.93. The van der Waals surface area contributed by atoms with Crippen molar-refractivity contribution < 1.29 is 9.53 Å². The normalized spacial score (nSPS) is 14.1. The molecule has 152 valence electrons. The molecule has 0 radical (unpaired) electrons. The minimum atomic E-state index is -0.338. The first-order chi connectivity index (χ1) is 13.7. The van der Waals surface area contributed by atoms with Gasteiger partial charge in [-0.05, 0) is 50.2 Å². The zero-order valence-electron chi connectivity index (χ0n) is 15.5. The van der Waals surface area contributed by atoms with Crippen LogP contribution in [-0.2, 0) is 0 Å². The van der Waals surface area contributed by atoms with Gasteiger partial charge >= 0.3 is 0 Å². The van der Waals surface area contributed by atoms with Crippen molar-refractivity contribution in [1.29, 1.82) is 0 Å². The number of piperidine rings is 1. The smallest absolute Gasteiger partial charge is 0.277 e. The monoisotopic (exact) mass is 433 g/mol. The fraction of sp³-hybridized carbons (Fsp3) is 0.250. The highest BCUT2D eigenvalue weighted by Gasteiger charge is 2.19. The van der Waals surface area contributed by atoms with Crippen LogP contribution in [0.4, 0.5) is 5.69 Å². The average Bonchev–Trinajstić information content (AvgIpc) is 3.22. The lowest BCUT2D eigenvalue weighted by Gasteiger charge is -2.22. The minimum Gasteiger partial charge on any atom is -0.454 e. The lowest BCUT2D eigenvalue weighted by molar-refractivity contribution is 0.102. The Morgan fingerprint density at radius 3 is 2.55 bits per heavy atom. The number of hydrogen-bond donors (Lipinski definition) is 2. The van der Waals surface area contributed by atoms with E-state index in [4.69, 9.17) is 16.3 Å². The van der Waals surface area contributed by atoms with Crippen LogP contribution < -0.4 is 15.4 Å². The maximum atomic E-state index is 12.7. The summed E-state index contributed by atoms with van der Waals surface area (Å²) in [6.07, 6.45) is 3.64. The molecule has 1 saturated heterocycles. The van der Waals surface area contributed by atoms with Crippen molar-refractivity contribution in [3.8, 4) is 11.5 Å². The molecular formula is C20H21Cl2N5O2. The number of nitrogens with zero attached hydrogens (tertiary/aromatic N) is 3. The molecule has 0 bridgehead atoms. The molecule has 0 spiro atoms. The molecule has 1 amide bonds. The zero-order chi connectivity index (χ0) is 19.3. The van der Waals surface area contributed by atoms with Gasteiger partial charge in [0.25, 0.3) is 5.91 Å². The molecule has 1 aliphatic heterocycles. The maximum Gasteiger partial charge on any atom is 0.277 e. The van der Waals surface area contributed by atoms with Gasteiger partial charge in [0.1, 0.15) is 5.75 Å². The number of halogens is 2. The van der Waals surface area contributed by atoms with E-state index in [0.717, 1.165) is 25.9 Å². The van der Waals surface area contributed by atoms with Crippen molar-refractivity contribution in [3.05, 3.63) is 65.4 Å². The van der Waals surface area contributed by atoms with Crippen LogP contribution >= 0.6 is 24.0 Å². The van der Waals surface area contributed by atoms with Gasteiger partial charge in [-0.1, -0.05) is 41.1 Å². The third-order valence-electron chi connectivity index (χ3n) is 4.62. The Bertz CT molecular complexity index is 973. The summed E-state index contributed by atoms with van der Waals surface area (Å²) in [5.74, 6) is 0.674. The number of carbonyl (C=O) groups is 1. The van der Waals surface area contributed by atoms with Crippen LogP contribution in [-0.4, -0.2) is 34.0 Å². The van der Waals surface area contributed by atoms with Crippen molar-refractivity contribution in [1.82, 2.24) is 20.3 Å². The first-order valence-electron chi connectivity index (χ1n) is 9.16. The molecule has 1 fully saturated rings. The molecule has 0 unspecified atom stereocenters. The highest BCUT2D eigenvalue weighted by atomic mass is 35.5. The van der Waals surface area contributed by atoms with Crippen molar-refractivity contribution in [3.63, 3.8) is 0 Å². The predicted molar refractivity (Wildman–Crippen MR) is 114 cm³/mol. The first kappa shape index (κ1) is 21.1. The second kappa shape index (κ2) is 9.73. The molecule has 0 aliphatic carbocycles. The van der Waals surface area contributed by atoms with Crippen LogP contribution in [0.5, 0.6) is 11.5 Å². The molecule has 2 N–H and O–H groups in total. The number of carbonyl (C=O) groups excluding carboxylic acids is 1. The predicted octanol–water partition coefficient (Wildman–Crippen LogP) is 4.32. The quantitative estimate of drug-likeness (QED) is 0.625. The van der Waals surface area contributed by atoms with E-state index in [9.17, 15) is 4.79 Å². The zero-order valence-corrected chi connectivity index (χ0v) is 17.1. The van der Waals surface area contributed by atoms with E-state index in [2.05, 4.69) is 20.9 Å². The largest absolute Gasteiger partial charge is 0.454 e. The summed E-state index contributed by atoms with van der Waals surface area (Å²) < 4.78 is 7.66. The fourth-order valence-corrected chi connectivity index (χ4v) is 3.30. The Morgan fingerprint density at radius 1 is 1.10 bits per heavy atom. The van der Waals surface area contributed by atoms with Crippen LogP contribution in [0.25, 0.3) is 0 Å². The van der Waals surface area contributed by atoms with Gasteiger partial charge in [-0.2, -0.15) is 0 Å². The topological polar surface area (TPSA) is 81.1 Å². The van der Waals surface area contributed by atoms with Gasteiger partial charge in [0.15, 0.2) is 11.4 Å². The summed E-state index contributed by atoms with van der Waals surface area (Å²) >= 11 is 6.17. The lowest BCUT2D eigenvalue weighted by Crippen LogP contribution is -2.29. The first-order valence-corrected chi connectivity index (χ1v) is 9.54. The van der Waals surface area contributed by atoms with Crippen molar-refractivity contribution >= 4 is 35.6 Å². The molecular weight excluding hydrogens is 413 g/mol. The Labute approximate surface area is 179 Å². The van der Waals surface area contributed by atoms with Crippen molar-refractivity contribution in [2.24, 2.45) is 0 Å². The van der Waals surface area contributed by atoms with E-state index in [-0.39, 0.29) is 30.0 Å². The standard InChI is InChI=1S/C20H20ClN5O2.ClH/c21-15-5-1-3-7-18(15)28-19-8-4-2-6-16(19)23-20(27)17-13-26(25-24-17)14-9-11-22-12-10-14;/h1-8,13-14,22H,9-12H2,(H,23,27);1H. The Morgan fingerprint density at radius 2 is 1.79 bits per heavy atom. The Kier molecular flexibility index (Phi) is 7.09. The van der Waals surface area contributed by atoms with Crippen LogP contribution in [0, 0.1) is 0 Å². The summed E-state index contributed by atoms with van der Waals surface area (Å²) in [4.78, 5) is 12.7. The molecule has 1 aromatic heterocycles. The highest BCUT2D eigenvalue weighted by molar-refractivity contribution is 6.32. The van der Waals surface area contributed by atoms with E-state index in [1.54, 1.807) is 35.1 Å². The fourth-order valence-electron chi connectivity index (χ4n) is 3.12. The number of aromatic nitrogens is 3. The molecule has 2 heterocycles. The number of benzene rings is 2. The summed E-state index contributed by atoms with van der Waals surface area (Å²) in [7, 11) is 0.